The lowest BCUT2D eigenvalue weighted by molar-refractivity contribution is -0.122. The Labute approximate surface area is 236 Å². The van der Waals surface area contributed by atoms with Crippen molar-refractivity contribution in [3.8, 4) is 11.5 Å². The highest BCUT2D eigenvalue weighted by molar-refractivity contribution is 7.80. The van der Waals surface area contributed by atoms with Crippen LogP contribution in [0.2, 0.25) is 5.02 Å². The molecule has 1 aliphatic rings. The number of carboxylic acid groups (broad SMARTS) is 1. The molecule has 0 unspecified atom stereocenters. The summed E-state index contributed by atoms with van der Waals surface area (Å²) < 4.78 is 23.9. The van der Waals surface area contributed by atoms with Crippen molar-refractivity contribution in [1.82, 2.24) is 5.32 Å². The average Bonchev–Trinajstić information content (AvgIpc) is 2.91. The molecule has 3 amide bonds. The van der Waals surface area contributed by atoms with E-state index in [9.17, 15) is 28.7 Å². The number of aromatic carboxylic acids is 1. The highest BCUT2D eigenvalue weighted by atomic mass is 35.5. The molecule has 1 fully saturated rings. The first kappa shape index (κ1) is 28.2. The van der Waals surface area contributed by atoms with Crippen LogP contribution in [0.5, 0.6) is 11.5 Å². The van der Waals surface area contributed by atoms with Crippen LogP contribution in [0.15, 0.2) is 66.2 Å². The van der Waals surface area contributed by atoms with Crippen molar-refractivity contribution >= 4 is 70.1 Å². The van der Waals surface area contributed by atoms with E-state index < -0.39 is 36.1 Å². The number of rotatable bonds is 8. The van der Waals surface area contributed by atoms with Crippen molar-refractivity contribution in [2.75, 3.05) is 23.9 Å². The Kier molecular flexibility index (Phi) is 8.41. The van der Waals surface area contributed by atoms with Crippen molar-refractivity contribution in [1.29, 1.82) is 0 Å². The van der Waals surface area contributed by atoms with Gasteiger partial charge in [0.15, 0.2) is 23.2 Å². The number of nitrogens with one attached hydrogen (secondary N) is 2. The molecule has 3 N–H and O–H groups in total. The van der Waals surface area contributed by atoms with Gasteiger partial charge in [-0.1, -0.05) is 17.7 Å². The van der Waals surface area contributed by atoms with Crippen LogP contribution in [-0.2, 0) is 14.4 Å². The number of nitrogens with zero attached hydrogens (tertiary/aromatic N) is 1. The van der Waals surface area contributed by atoms with E-state index in [2.05, 4.69) is 10.6 Å². The van der Waals surface area contributed by atoms with Gasteiger partial charge in [0.05, 0.1) is 23.4 Å². The average molecular weight is 584 g/mol. The van der Waals surface area contributed by atoms with Crippen molar-refractivity contribution in [2.24, 2.45) is 0 Å². The molecule has 3 aromatic carbocycles. The van der Waals surface area contributed by atoms with Gasteiger partial charge in [-0.15, -0.1) is 0 Å². The molecule has 1 saturated heterocycles. The van der Waals surface area contributed by atoms with Crippen LogP contribution in [0.25, 0.3) is 6.08 Å². The second-order valence-corrected chi connectivity index (χ2v) is 8.99. The largest absolute Gasteiger partial charge is 0.493 e. The standard InChI is InChI=1S/C27H19ClFN3O7S/c1-38-21-11-14(10-20(28)23(21)39-13-22(33)30-17-7-5-16(29)6-8-17)9-19-24(34)31-27(40)32(25(19)35)18-4-2-3-15(12-18)26(36)37/h2-12H,13H2,1H3,(H,30,33)(H,36,37)(H,31,34,40). The lowest BCUT2D eigenvalue weighted by atomic mass is 10.1. The number of ether oxygens (including phenoxy) is 2. The van der Waals surface area contributed by atoms with Gasteiger partial charge in [0.1, 0.15) is 11.4 Å². The first-order valence-corrected chi connectivity index (χ1v) is 12.2. The molecule has 0 spiro atoms. The van der Waals surface area contributed by atoms with Crippen molar-refractivity contribution in [2.45, 2.75) is 0 Å². The minimum atomic E-state index is -1.20. The third-order valence-electron chi connectivity index (χ3n) is 5.49. The minimum absolute atomic E-state index is 0.0194. The Morgan fingerprint density at radius 1 is 1.15 bits per heavy atom. The smallest absolute Gasteiger partial charge is 0.335 e. The number of amides is 3. The number of halogens is 2. The Morgan fingerprint density at radius 2 is 1.88 bits per heavy atom. The summed E-state index contributed by atoms with van der Waals surface area (Å²) in [5.41, 5.74) is 0.428. The van der Waals surface area contributed by atoms with Crippen LogP contribution < -0.4 is 25.0 Å². The first-order valence-electron chi connectivity index (χ1n) is 11.4. The van der Waals surface area contributed by atoms with Gasteiger partial charge in [0.25, 0.3) is 17.7 Å². The number of carboxylic acids is 1. The second kappa shape index (κ2) is 11.9. The molecule has 13 heteroatoms. The highest BCUT2D eigenvalue weighted by Gasteiger charge is 2.35. The van der Waals surface area contributed by atoms with E-state index in [-0.39, 0.29) is 44.0 Å². The summed E-state index contributed by atoms with van der Waals surface area (Å²) in [6, 6.07) is 13.5. The summed E-state index contributed by atoms with van der Waals surface area (Å²) in [5.74, 6) is -3.60. The monoisotopic (exact) mass is 583 g/mol. The number of thiocarbonyl (C=S) groups is 1. The van der Waals surface area contributed by atoms with E-state index in [0.717, 1.165) is 4.90 Å². The van der Waals surface area contributed by atoms with Crippen molar-refractivity contribution in [3.63, 3.8) is 0 Å². The molecule has 1 heterocycles. The fourth-order valence-electron chi connectivity index (χ4n) is 3.67. The van der Waals surface area contributed by atoms with E-state index in [1.165, 1.54) is 73.8 Å². The quantitative estimate of drug-likeness (QED) is 0.206. The summed E-state index contributed by atoms with van der Waals surface area (Å²) in [7, 11) is 1.34. The van der Waals surface area contributed by atoms with Crippen LogP contribution in [0, 0.1) is 5.82 Å². The predicted molar refractivity (Wildman–Crippen MR) is 148 cm³/mol. The first-order chi connectivity index (χ1) is 19.1. The zero-order valence-corrected chi connectivity index (χ0v) is 22.1. The molecule has 0 saturated carbocycles. The van der Waals surface area contributed by atoms with E-state index in [0.29, 0.717) is 5.69 Å². The van der Waals surface area contributed by atoms with E-state index in [4.69, 9.17) is 33.3 Å². The van der Waals surface area contributed by atoms with Gasteiger partial charge >= 0.3 is 5.97 Å². The summed E-state index contributed by atoms with van der Waals surface area (Å²) in [5, 5.41) is 14.1. The van der Waals surface area contributed by atoms with Gasteiger partial charge < -0.3 is 19.9 Å². The molecule has 0 bridgehead atoms. The highest BCUT2D eigenvalue weighted by Crippen LogP contribution is 2.37. The zero-order valence-electron chi connectivity index (χ0n) is 20.6. The minimum Gasteiger partial charge on any atom is -0.493 e. The Hall–Kier alpha value is -4.81. The molecule has 0 atom stereocenters. The van der Waals surface area contributed by atoms with Crippen molar-refractivity contribution < 1.29 is 38.1 Å². The Bertz CT molecular complexity index is 1580. The lowest BCUT2D eigenvalue weighted by Gasteiger charge is -2.29. The van der Waals surface area contributed by atoms with Crippen LogP contribution in [-0.4, -0.2) is 47.6 Å². The third-order valence-corrected chi connectivity index (χ3v) is 6.06. The molecule has 4 rings (SSSR count). The molecule has 3 aromatic rings. The summed E-state index contributed by atoms with van der Waals surface area (Å²) in [6.07, 6.45) is 1.26. The molecule has 40 heavy (non-hydrogen) atoms. The molecular formula is C27H19ClFN3O7S. The molecule has 0 aromatic heterocycles. The number of anilines is 2. The molecule has 0 radical (unpaired) electrons. The molecule has 204 valence electrons. The van der Waals surface area contributed by atoms with Gasteiger partial charge in [-0.2, -0.15) is 0 Å². The zero-order chi connectivity index (χ0) is 29.0. The lowest BCUT2D eigenvalue weighted by Crippen LogP contribution is -2.54. The number of hydrogen-bond donors (Lipinski definition) is 3. The van der Waals surface area contributed by atoms with E-state index in [1.54, 1.807) is 0 Å². The summed E-state index contributed by atoms with van der Waals surface area (Å²) in [4.78, 5) is 50.6. The Balaban J connectivity index is 1.57. The maximum absolute atomic E-state index is 13.3. The predicted octanol–water partition coefficient (Wildman–Crippen LogP) is 4.03. The van der Waals surface area contributed by atoms with Gasteiger partial charge in [0, 0.05) is 5.69 Å². The fraction of sp³-hybridized carbons (Fsp3) is 0.0741. The molecule has 10 nitrogen and oxygen atoms in total. The third kappa shape index (κ3) is 6.25. The number of carbonyl (C=O) groups excluding carboxylic acids is 3. The maximum atomic E-state index is 13.3. The normalized spacial score (nSPS) is 14.1. The summed E-state index contributed by atoms with van der Waals surface area (Å²) >= 11 is 11.5. The van der Waals surface area contributed by atoms with Crippen LogP contribution in [0.1, 0.15) is 15.9 Å². The number of hydrogen-bond acceptors (Lipinski definition) is 7. The van der Waals surface area contributed by atoms with Crippen LogP contribution >= 0.6 is 23.8 Å². The number of benzene rings is 3. The topological polar surface area (TPSA) is 134 Å². The van der Waals surface area contributed by atoms with Gasteiger partial charge in [0.2, 0.25) is 0 Å². The van der Waals surface area contributed by atoms with Gasteiger partial charge in [-0.3, -0.25) is 24.6 Å². The molecule has 0 aliphatic carbocycles. The van der Waals surface area contributed by atoms with E-state index >= 15 is 0 Å². The van der Waals surface area contributed by atoms with Crippen LogP contribution in [0.3, 0.4) is 0 Å². The Morgan fingerprint density at radius 3 is 2.55 bits per heavy atom. The van der Waals surface area contributed by atoms with E-state index in [1.807, 2.05) is 0 Å². The van der Waals surface area contributed by atoms with Gasteiger partial charge in [-0.05, 0) is 78.5 Å². The second-order valence-electron chi connectivity index (χ2n) is 8.19. The SMILES string of the molecule is COc1cc(C=C2C(=O)NC(=S)N(c3cccc(C(=O)O)c3)C2=O)cc(Cl)c1OCC(=O)Nc1ccc(F)cc1. The van der Waals surface area contributed by atoms with Crippen LogP contribution in [0.4, 0.5) is 15.8 Å². The number of methoxy groups -OCH3 is 1. The summed E-state index contributed by atoms with van der Waals surface area (Å²) in [6.45, 7) is -0.448. The van der Waals surface area contributed by atoms with Crippen molar-refractivity contribution in [3.05, 3.63) is 88.2 Å². The maximum Gasteiger partial charge on any atom is 0.335 e. The fourth-order valence-corrected chi connectivity index (χ4v) is 4.22. The van der Waals surface area contributed by atoms with Gasteiger partial charge in [-0.25, -0.2) is 9.18 Å². The molecular weight excluding hydrogens is 565 g/mol. The number of carbonyl (C=O) groups is 4. The molecule has 1 aliphatic heterocycles.